The molecule has 18 heavy (non-hydrogen) atoms. The Labute approximate surface area is 106 Å². The molecule has 3 heterocycles. The lowest BCUT2D eigenvalue weighted by molar-refractivity contribution is 0.0949. The van der Waals surface area contributed by atoms with Crippen LogP contribution in [0.25, 0.3) is 4.96 Å². The van der Waals surface area contributed by atoms with Crippen molar-refractivity contribution < 1.29 is 4.79 Å². The molecule has 0 aliphatic carbocycles. The van der Waals surface area contributed by atoms with Crippen molar-refractivity contribution in [3.8, 4) is 0 Å². The summed E-state index contributed by atoms with van der Waals surface area (Å²) >= 11 is 1.20. The Morgan fingerprint density at radius 1 is 1.50 bits per heavy atom. The summed E-state index contributed by atoms with van der Waals surface area (Å²) in [6.07, 6.45) is 4.86. The molecule has 0 spiro atoms. The number of aromatic nitrogens is 5. The Morgan fingerprint density at radius 2 is 2.44 bits per heavy atom. The van der Waals surface area contributed by atoms with Gasteiger partial charge in [-0.15, -0.1) is 15.3 Å². The summed E-state index contributed by atoms with van der Waals surface area (Å²) in [6, 6.07) is 3.72. The van der Waals surface area contributed by atoms with E-state index in [9.17, 15) is 4.79 Å². The minimum absolute atomic E-state index is 0.227. The molecule has 0 saturated carbocycles. The number of nitrogens with one attached hydrogen (secondary N) is 1. The summed E-state index contributed by atoms with van der Waals surface area (Å²) in [7, 11) is 0. The maximum atomic E-state index is 11.8. The van der Waals surface area contributed by atoms with Crippen molar-refractivity contribution in [3.63, 3.8) is 0 Å². The van der Waals surface area contributed by atoms with E-state index in [0.29, 0.717) is 16.5 Å². The highest BCUT2D eigenvalue weighted by Gasteiger charge is 2.12. The van der Waals surface area contributed by atoms with Gasteiger partial charge in [0, 0.05) is 18.9 Å². The fourth-order valence-corrected chi connectivity index (χ4v) is 2.15. The first-order valence-electron chi connectivity index (χ1n) is 5.17. The van der Waals surface area contributed by atoms with E-state index in [2.05, 4.69) is 25.6 Å². The molecule has 1 amide bonds. The van der Waals surface area contributed by atoms with E-state index >= 15 is 0 Å². The highest BCUT2D eigenvalue weighted by molar-refractivity contribution is 7.18. The zero-order valence-corrected chi connectivity index (χ0v) is 9.96. The van der Waals surface area contributed by atoms with E-state index in [-0.39, 0.29) is 5.91 Å². The molecule has 0 saturated heterocycles. The average molecular weight is 260 g/mol. The molecule has 8 heteroatoms. The first kappa shape index (κ1) is 10.8. The molecule has 0 atom stereocenters. The first-order chi connectivity index (χ1) is 8.83. The molecular formula is C10H8N6OS. The number of nitrogens with zero attached hydrogens (tertiary/aromatic N) is 5. The van der Waals surface area contributed by atoms with Crippen molar-refractivity contribution in [3.05, 3.63) is 41.4 Å². The maximum absolute atomic E-state index is 11.8. The number of amides is 1. The number of fused-ring (bicyclic) bond motifs is 1. The molecule has 3 aromatic rings. The predicted octanol–water partition coefficient (Wildman–Crippen LogP) is 0.511. The van der Waals surface area contributed by atoms with Crippen LogP contribution in [-0.4, -0.2) is 30.7 Å². The van der Waals surface area contributed by atoms with Crippen molar-refractivity contribution in [1.29, 1.82) is 0 Å². The quantitative estimate of drug-likeness (QED) is 0.741. The van der Waals surface area contributed by atoms with Gasteiger partial charge in [-0.05, 0) is 11.6 Å². The number of carbonyl (C=O) groups is 1. The van der Waals surface area contributed by atoms with Gasteiger partial charge in [-0.2, -0.15) is 4.52 Å². The lowest BCUT2D eigenvalue weighted by Crippen LogP contribution is -2.22. The lowest BCUT2D eigenvalue weighted by Gasteiger charge is -2.01. The first-order valence-corrected chi connectivity index (χ1v) is 5.98. The van der Waals surface area contributed by atoms with Crippen LogP contribution < -0.4 is 5.32 Å². The van der Waals surface area contributed by atoms with Gasteiger partial charge in [-0.3, -0.25) is 9.78 Å². The molecule has 0 unspecified atom stereocenters. The van der Waals surface area contributed by atoms with Crippen LogP contribution in [-0.2, 0) is 6.54 Å². The van der Waals surface area contributed by atoms with Gasteiger partial charge >= 0.3 is 0 Å². The van der Waals surface area contributed by atoms with Gasteiger partial charge in [0.2, 0.25) is 9.97 Å². The van der Waals surface area contributed by atoms with E-state index in [4.69, 9.17) is 0 Å². The molecule has 1 N–H and O–H groups in total. The van der Waals surface area contributed by atoms with Crippen molar-refractivity contribution >= 4 is 22.2 Å². The molecule has 0 bridgehead atoms. The smallest absolute Gasteiger partial charge is 0.282 e. The number of carbonyl (C=O) groups excluding carboxylic acids is 1. The zero-order chi connectivity index (χ0) is 12.4. The number of pyridine rings is 1. The van der Waals surface area contributed by atoms with Gasteiger partial charge in [0.05, 0.1) is 0 Å². The molecule has 0 fully saturated rings. The summed E-state index contributed by atoms with van der Waals surface area (Å²) in [5.74, 6) is -0.227. The topological polar surface area (TPSA) is 85.1 Å². The molecule has 0 aliphatic heterocycles. The molecular weight excluding hydrogens is 252 g/mol. The van der Waals surface area contributed by atoms with Crippen molar-refractivity contribution in [2.75, 3.05) is 0 Å². The summed E-state index contributed by atoms with van der Waals surface area (Å²) in [5, 5.41) is 14.7. The Morgan fingerprint density at radius 3 is 3.22 bits per heavy atom. The standard InChI is InChI=1S/C10H8N6OS/c17-8(12-5-7-2-1-3-11-4-7)9-15-16-6-13-14-10(16)18-9/h1-4,6H,5H2,(H,12,17). The fraction of sp³-hybridized carbons (Fsp3) is 0.100. The molecule has 90 valence electrons. The molecule has 7 nitrogen and oxygen atoms in total. The third-order valence-corrected chi connectivity index (χ3v) is 3.17. The van der Waals surface area contributed by atoms with Crippen molar-refractivity contribution in [1.82, 2.24) is 30.1 Å². The minimum atomic E-state index is -0.227. The van der Waals surface area contributed by atoms with E-state index in [1.165, 1.54) is 22.2 Å². The fourth-order valence-electron chi connectivity index (χ4n) is 1.41. The Kier molecular flexibility index (Phi) is 2.69. The van der Waals surface area contributed by atoms with Crippen molar-refractivity contribution in [2.45, 2.75) is 6.54 Å². The summed E-state index contributed by atoms with van der Waals surface area (Å²) in [6.45, 7) is 0.423. The second-order valence-corrected chi connectivity index (χ2v) is 4.47. The van der Waals surface area contributed by atoms with E-state index in [0.717, 1.165) is 5.56 Å². The zero-order valence-electron chi connectivity index (χ0n) is 9.15. The normalized spacial score (nSPS) is 10.7. The SMILES string of the molecule is O=C(NCc1cccnc1)c1nn2cnnc2s1. The van der Waals surface area contributed by atoms with Gasteiger partial charge < -0.3 is 5.32 Å². The van der Waals surface area contributed by atoms with Crippen molar-refractivity contribution in [2.24, 2.45) is 0 Å². The molecule has 3 rings (SSSR count). The predicted molar refractivity (Wildman–Crippen MR) is 64.1 cm³/mol. The molecule has 0 radical (unpaired) electrons. The highest BCUT2D eigenvalue weighted by atomic mass is 32.1. The van der Waals surface area contributed by atoms with Gasteiger partial charge in [0.1, 0.15) is 6.33 Å². The summed E-state index contributed by atoms with van der Waals surface area (Å²) in [4.78, 5) is 16.4. The van der Waals surface area contributed by atoms with Gasteiger partial charge in [0.15, 0.2) is 0 Å². The van der Waals surface area contributed by atoms with Crippen LogP contribution >= 0.6 is 11.3 Å². The number of rotatable bonds is 3. The third kappa shape index (κ3) is 2.05. The Bertz CT molecular complexity index is 647. The van der Waals surface area contributed by atoms with Crippen LogP contribution in [0.2, 0.25) is 0 Å². The van der Waals surface area contributed by atoms with Gasteiger partial charge in [-0.1, -0.05) is 17.4 Å². The second kappa shape index (κ2) is 4.49. The van der Waals surface area contributed by atoms with E-state index in [1.54, 1.807) is 12.4 Å². The number of hydrogen-bond acceptors (Lipinski definition) is 6. The highest BCUT2D eigenvalue weighted by Crippen LogP contribution is 2.11. The lowest BCUT2D eigenvalue weighted by atomic mass is 10.3. The average Bonchev–Trinajstić information content (AvgIpc) is 2.98. The number of hydrogen-bond donors (Lipinski definition) is 1. The second-order valence-electron chi connectivity index (χ2n) is 3.51. The Balaban J connectivity index is 1.70. The van der Waals surface area contributed by atoms with Crippen LogP contribution in [0.1, 0.15) is 15.4 Å². The van der Waals surface area contributed by atoms with Crippen LogP contribution in [0.3, 0.4) is 0 Å². The largest absolute Gasteiger partial charge is 0.346 e. The maximum Gasteiger partial charge on any atom is 0.282 e. The van der Waals surface area contributed by atoms with Gasteiger partial charge in [0.25, 0.3) is 5.91 Å². The Hall–Kier alpha value is -2.35. The summed E-state index contributed by atoms with van der Waals surface area (Å²) < 4.78 is 1.48. The monoisotopic (exact) mass is 260 g/mol. The van der Waals surface area contributed by atoms with Crippen LogP contribution in [0, 0.1) is 0 Å². The summed E-state index contributed by atoms with van der Waals surface area (Å²) in [5.41, 5.74) is 0.939. The van der Waals surface area contributed by atoms with E-state index in [1.807, 2.05) is 12.1 Å². The van der Waals surface area contributed by atoms with Gasteiger partial charge in [-0.25, -0.2) is 0 Å². The molecule has 0 aromatic carbocycles. The molecule has 3 aromatic heterocycles. The van der Waals surface area contributed by atoms with E-state index < -0.39 is 0 Å². The molecule has 0 aliphatic rings. The van der Waals surface area contributed by atoms with Crippen LogP contribution in [0.5, 0.6) is 0 Å². The third-order valence-electron chi connectivity index (χ3n) is 2.26. The van der Waals surface area contributed by atoms with Crippen LogP contribution in [0.15, 0.2) is 30.9 Å². The minimum Gasteiger partial charge on any atom is -0.346 e. The van der Waals surface area contributed by atoms with Crippen LogP contribution in [0.4, 0.5) is 0 Å².